The van der Waals surface area contributed by atoms with E-state index < -0.39 is 10.2 Å². The van der Waals surface area contributed by atoms with E-state index in [2.05, 4.69) is 14.7 Å². The van der Waals surface area contributed by atoms with Gasteiger partial charge in [-0.3, -0.25) is 0 Å². The molecule has 1 aromatic heterocycles. The van der Waals surface area contributed by atoms with Crippen molar-refractivity contribution in [3.05, 3.63) is 47.7 Å². The number of benzene rings is 1. The Bertz CT molecular complexity index is 800. The van der Waals surface area contributed by atoms with Gasteiger partial charge < -0.3 is 10.6 Å². The van der Waals surface area contributed by atoms with Gasteiger partial charge in [0.1, 0.15) is 5.82 Å². The minimum Gasteiger partial charge on any atom is -0.368 e. The number of aryl methyl sites for hydroxylation is 1. The van der Waals surface area contributed by atoms with Crippen molar-refractivity contribution in [1.82, 2.24) is 19.0 Å². The molecular formula is C16H22N6O2S. The Morgan fingerprint density at radius 1 is 1.12 bits per heavy atom. The molecule has 134 valence electrons. The molecule has 25 heavy (non-hydrogen) atoms. The second-order valence-corrected chi connectivity index (χ2v) is 7.68. The summed E-state index contributed by atoms with van der Waals surface area (Å²) in [5.74, 6) is 0.967. The molecular weight excluding hydrogens is 340 g/mol. The number of nitrogens with one attached hydrogen (secondary N) is 1. The van der Waals surface area contributed by atoms with Gasteiger partial charge in [0, 0.05) is 44.5 Å². The van der Waals surface area contributed by atoms with Crippen LogP contribution in [0.3, 0.4) is 0 Å². The lowest BCUT2D eigenvalue weighted by molar-refractivity contribution is 0.377. The van der Waals surface area contributed by atoms with Crippen molar-refractivity contribution in [3.8, 4) is 0 Å². The first kappa shape index (κ1) is 17.6. The topological polar surface area (TPSA) is 104 Å². The molecule has 3 N–H and O–H groups in total. The van der Waals surface area contributed by atoms with E-state index >= 15 is 0 Å². The van der Waals surface area contributed by atoms with Crippen molar-refractivity contribution in [3.63, 3.8) is 0 Å². The fourth-order valence-corrected chi connectivity index (χ4v) is 3.93. The summed E-state index contributed by atoms with van der Waals surface area (Å²) in [6.45, 7) is 4.05. The third kappa shape index (κ3) is 4.44. The summed E-state index contributed by atoms with van der Waals surface area (Å²) in [7, 11) is -3.50. The number of piperazine rings is 1. The quantitative estimate of drug-likeness (QED) is 0.804. The van der Waals surface area contributed by atoms with E-state index in [1.165, 1.54) is 4.31 Å². The average Bonchev–Trinajstić information content (AvgIpc) is 2.60. The number of hydrogen-bond donors (Lipinski definition) is 2. The Balaban J connectivity index is 1.59. The number of nitrogens with two attached hydrogens (primary N) is 1. The highest BCUT2D eigenvalue weighted by molar-refractivity contribution is 7.87. The van der Waals surface area contributed by atoms with E-state index in [1.54, 1.807) is 0 Å². The lowest BCUT2D eigenvalue weighted by Crippen LogP contribution is -2.52. The predicted octanol–water partition coefficient (Wildman–Crippen LogP) is 0.524. The third-order valence-electron chi connectivity index (χ3n) is 4.06. The van der Waals surface area contributed by atoms with Crippen molar-refractivity contribution in [2.24, 2.45) is 0 Å². The van der Waals surface area contributed by atoms with Crippen molar-refractivity contribution < 1.29 is 8.42 Å². The normalized spacial score (nSPS) is 16.1. The van der Waals surface area contributed by atoms with Crippen molar-refractivity contribution >= 4 is 22.0 Å². The zero-order valence-corrected chi connectivity index (χ0v) is 14.9. The van der Waals surface area contributed by atoms with Gasteiger partial charge in [-0.2, -0.15) is 22.4 Å². The van der Waals surface area contributed by atoms with Crippen LogP contribution in [-0.4, -0.2) is 48.9 Å². The molecule has 1 aliphatic rings. The van der Waals surface area contributed by atoms with Gasteiger partial charge >= 0.3 is 0 Å². The predicted molar refractivity (Wildman–Crippen MR) is 97.2 cm³/mol. The highest BCUT2D eigenvalue weighted by Gasteiger charge is 2.27. The Kier molecular flexibility index (Phi) is 5.16. The van der Waals surface area contributed by atoms with Gasteiger partial charge in [-0.25, -0.2) is 4.98 Å². The number of aromatic nitrogens is 2. The average molecular weight is 362 g/mol. The van der Waals surface area contributed by atoms with Gasteiger partial charge in [0.15, 0.2) is 0 Å². The zero-order chi connectivity index (χ0) is 17.9. The molecule has 9 heteroatoms. The molecule has 0 amide bonds. The number of nitrogen functional groups attached to an aromatic ring is 1. The van der Waals surface area contributed by atoms with Crippen LogP contribution in [0.5, 0.6) is 0 Å². The fourth-order valence-electron chi connectivity index (χ4n) is 2.76. The van der Waals surface area contributed by atoms with Crippen LogP contribution in [-0.2, 0) is 16.8 Å². The van der Waals surface area contributed by atoms with Crippen LogP contribution in [0.1, 0.15) is 11.3 Å². The Morgan fingerprint density at radius 2 is 1.80 bits per heavy atom. The molecule has 1 aromatic carbocycles. The first-order valence-electron chi connectivity index (χ1n) is 8.09. The van der Waals surface area contributed by atoms with Crippen LogP contribution >= 0.6 is 0 Å². The highest BCUT2D eigenvalue weighted by Crippen LogP contribution is 2.17. The lowest BCUT2D eigenvalue weighted by Gasteiger charge is -2.34. The molecule has 0 bridgehead atoms. The van der Waals surface area contributed by atoms with E-state index in [0.717, 1.165) is 17.1 Å². The lowest BCUT2D eigenvalue weighted by atomic mass is 10.2. The van der Waals surface area contributed by atoms with Gasteiger partial charge in [0.2, 0.25) is 5.95 Å². The van der Waals surface area contributed by atoms with Crippen molar-refractivity contribution in [2.45, 2.75) is 13.5 Å². The van der Waals surface area contributed by atoms with E-state index in [4.69, 9.17) is 5.73 Å². The second kappa shape index (κ2) is 7.34. The molecule has 8 nitrogen and oxygen atoms in total. The van der Waals surface area contributed by atoms with Gasteiger partial charge in [0.05, 0.1) is 0 Å². The molecule has 1 fully saturated rings. The van der Waals surface area contributed by atoms with Gasteiger partial charge in [-0.1, -0.05) is 30.3 Å². The molecule has 0 spiro atoms. The van der Waals surface area contributed by atoms with Crippen LogP contribution in [0, 0.1) is 6.92 Å². The van der Waals surface area contributed by atoms with E-state index in [9.17, 15) is 8.42 Å². The van der Waals surface area contributed by atoms with E-state index in [-0.39, 0.29) is 12.5 Å². The Labute approximate surface area is 147 Å². The van der Waals surface area contributed by atoms with Crippen LogP contribution in [0.2, 0.25) is 0 Å². The Hall–Kier alpha value is -2.23. The molecule has 2 heterocycles. The second-order valence-electron chi connectivity index (χ2n) is 5.92. The van der Waals surface area contributed by atoms with Crippen molar-refractivity contribution in [1.29, 1.82) is 0 Å². The van der Waals surface area contributed by atoms with Gasteiger partial charge in [-0.15, -0.1) is 0 Å². The number of rotatable bonds is 5. The first-order valence-corrected chi connectivity index (χ1v) is 9.53. The van der Waals surface area contributed by atoms with Crippen LogP contribution in [0.25, 0.3) is 0 Å². The molecule has 0 aliphatic carbocycles. The molecule has 2 aromatic rings. The van der Waals surface area contributed by atoms with Crippen molar-refractivity contribution in [2.75, 3.05) is 36.8 Å². The van der Waals surface area contributed by atoms with Gasteiger partial charge in [-0.05, 0) is 12.5 Å². The smallest absolute Gasteiger partial charge is 0.279 e. The molecule has 0 radical (unpaired) electrons. The largest absolute Gasteiger partial charge is 0.368 e. The summed E-state index contributed by atoms with van der Waals surface area (Å²) < 4.78 is 29.0. The number of hydrogen-bond acceptors (Lipinski definition) is 6. The van der Waals surface area contributed by atoms with Crippen LogP contribution < -0.4 is 15.4 Å². The summed E-state index contributed by atoms with van der Waals surface area (Å²) in [4.78, 5) is 10.3. The standard InChI is InChI=1S/C16H22N6O2S/c1-13-11-15(20-16(17)19-13)21-7-9-22(10-8-21)25(23,24)18-12-14-5-3-2-4-6-14/h2-6,11,18H,7-10,12H2,1H3,(H2,17,19,20). The summed E-state index contributed by atoms with van der Waals surface area (Å²) in [5, 5.41) is 0. The summed E-state index contributed by atoms with van der Waals surface area (Å²) in [6.07, 6.45) is 0. The molecule has 3 rings (SSSR count). The monoisotopic (exact) mass is 362 g/mol. The Morgan fingerprint density at radius 3 is 2.44 bits per heavy atom. The van der Waals surface area contributed by atoms with E-state index in [0.29, 0.717) is 26.2 Å². The first-order chi connectivity index (χ1) is 11.9. The third-order valence-corrected chi connectivity index (χ3v) is 5.62. The number of nitrogens with zero attached hydrogens (tertiary/aromatic N) is 4. The summed E-state index contributed by atoms with van der Waals surface area (Å²) >= 11 is 0. The SMILES string of the molecule is Cc1cc(N2CCN(S(=O)(=O)NCc3ccccc3)CC2)nc(N)n1. The molecule has 0 atom stereocenters. The molecule has 1 saturated heterocycles. The molecule has 1 aliphatic heterocycles. The maximum Gasteiger partial charge on any atom is 0.279 e. The maximum absolute atomic E-state index is 12.5. The maximum atomic E-state index is 12.5. The van der Waals surface area contributed by atoms with E-state index in [1.807, 2.05) is 48.2 Å². The van der Waals surface area contributed by atoms with Crippen LogP contribution in [0.15, 0.2) is 36.4 Å². The molecule has 0 saturated carbocycles. The fraction of sp³-hybridized carbons (Fsp3) is 0.375. The van der Waals surface area contributed by atoms with Crippen LogP contribution in [0.4, 0.5) is 11.8 Å². The number of anilines is 2. The summed E-state index contributed by atoms with van der Waals surface area (Å²) in [6, 6.07) is 11.3. The minimum absolute atomic E-state index is 0.231. The highest BCUT2D eigenvalue weighted by atomic mass is 32.2. The van der Waals surface area contributed by atoms with Gasteiger partial charge in [0.25, 0.3) is 10.2 Å². The summed E-state index contributed by atoms with van der Waals surface area (Å²) in [5.41, 5.74) is 7.41. The molecule has 0 unspecified atom stereocenters. The zero-order valence-electron chi connectivity index (χ0n) is 14.1. The minimum atomic E-state index is -3.50.